The second kappa shape index (κ2) is 6.64. The molecule has 0 aromatic carbocycles. The highest BCUT2D eigenvalue weighted by atomic mass is 79.9. The fourth-order valence-corrected chi connectivity index (χ4v) is 3.56. The summed E-state index contributed by atoms with van der Waals surface area (Å²) in [5, 5.41) is 12.2. The number of hydrogen-bond donors (Lipinski definition) is 2. The van der Waals surface area contributed by atoms with Crippen molar-refractivity contribution in [2.45, 2.75) is 57.5 Å². The third-order valence-electron chi connectivity index (χ3n) is 4.12. The van der Waals surface area contributed by atoms with Crippen molar-refractivity contribution < 1.29 is 14.7 Å². The maximum atomic E-state index is 12.5. The normalized spacial score (nSPS) is 17.4. The maximum Gasteiger partial charge on any atom is 0.305 e. The molecule has 116 valence electrons. The van der Waals surface area contributed by atoms with Crippen LogP contribution in [0.1, 0.15) is 55.9 Å². The van der Waals surface area contributed by atoms with Crippen LogP contribution in [0.3, 0.4) is 0 Å². The van der Waals surface area contributed by atoms with E-state index in [1.165, 1.54) is 0 Å². The third kappa shape index (κ3) is 3.87. The molecule has 1 aromatic heterocycles. The number of carbonyl (C=O) groups excluding carboxylic acids is 1. The van der Waals surface area contributed by atoms with Gasteiger partial charge in [-0.3, -0.25) is 9.59 Å². The Morgan fingerprint density at radius 1 is 1.38 bits per heavy atom. The van der Waals surface area contributed by atoms with Gasteiger partial charge in [-0.1, -0.05) is 19.3 Å². The topological polar surface area (TPSA) is 71.3 Å². The number of nitrogens with one attached hydrogen (secondary N) is 1. The molecular formula is C15H21BrN2O3. The number of carboxylic acids is 1. The molecule has 0 spiro atoms. The Morgan fingerprint density at radius 3 is 2.62 bits per heavy atom. The number of hydrogen-bond acceptors (Lipinski definition) is 2. The molecule has 0 unspecified atom stereocenters. The van der Waals surface area contributed by atoms with Crippen molar-refractivity contribution in [3.63, 3.8) is 0 Å². The van der Waals surface area contributed by atoms with E-state index in [0.717, 1.165) is 36.6 Å². The average Bonchev–Trinajstić information content (AvgIpc) is 2.80. The lowest BCUT2D eigenvalue weighted by molar-refractivity contribution is -0.139. The summed E-state index contributed by atoms with van der Waals surface area (Å²) in [7, 11) is 0. The first-order valence-electron chi connectivity index (χ1n) is 7.36. The molecular weight excluding hydrogens is 336 g/mol. The van der Waals surface area contributed by atoms with Gasteiger partial charge in [0.1, 0.15) is 5.69 Å². The van der Waals surface area contributed by atoms with Crippen LogP contribution in [0.5, 0.6) is 0 Å². The minimum Gasteiger partial charge on any atom is -0.481 e. The number of rotatable bonds is 5. The number of carbonyl (C=O) groups is 2. The number of nitrogens with zero attached hydrogens (tertiary/aromatic N) is 1. The molecule has 1 heterocycles. The summed E-state index contributed by atoms with van der Waals surface area (Å²) in [6, 6.07) is 1.77. The number of carboxylic acid groups (broad SMARTS) is 1. The molecule has 1 saturated carbocycles. The molecule has 0 saturated heterocycles. The van der Waals surface area contributed by atoms with Gasteiger partial charge in [0.2, 0.25) is 0 Å². The Hall–Kier alpha value is -1.30. The number of aryl methyl sites for hydroxylation is 1. The highest BCUT2D eigenvalue weighted by molar-refractivity contribution is 9.10. The van der Waals surface area contributed by atoms with Crippen LogP contribution < -0.4 is 5.32 Å². The van der Waals surface area contributed by atoms with Gasteiger partial charge in [0.25, 0.3) is 5.91 Å². The fraction of sp³-hybridized carbons (Fsp3) is 0.600. The predicted octanol–water partition coefficient (Wildman–Crippen LogP) is 3.18. The van der Waals surface area contributed by atoms with Gasteiger partial charge in [-0.2, -0.15) is 0 Å². The van der Waals surface area contributed by atoms with Crippen molar-refractivity contribution >= 4 is 27.8 Å². The van der Waals surface area contributed by atoms with E-state index in [-0.39, 0.29) is 12.3 Å². The lowest BCUT2D eigenvalue weighted by Crippen LogP contribution is -2.51. The number of aliphatic carboxylic acids is 1. The van der Waals surface area contributed by atoms with Crippen molar-refractivity contribution in [1.29, 1.82) is 0 Å². The highest BCUT2D eigenvalue weighted by Gasteiger charge is 2.36. The van der Waals surface area contributed by atoms with Crippen molar-refractivity contribution in [3.05, 3.63) is 22.4 Å². The SMILES string of the molecule is CCn1cc(Br)cc1C(=O)NC1(CC(=O)O)CCCCC1. The van der Waals surface area contributed by atoms with E-state index in [0.29, 0.717) is 12.2 Å². The molecule has 6 heteroatoms. The Kier molecular flexibility index (Phi) is 5.08. The third-order valence-corrected chi connectivity index (χ3v) is 4.55. The Labute approximate surface area is 132 Å². The minimum atomic E-state index is -0.857. The largest absolute Gasteiger partial charge is 0.481 e. The molecule has 1 fully saturated rings. The Balaban J connectivity index is 2.19. The van der Waals surface area contributed by atoms with E-state index >= 15 is 0 Å². The second-order valence-electron chi connectivity index (χ2n) is 5.70. The van der Waals surface area contributed by atoms with E-state index < -0.39 is 11.5 Å². The van der Waals surface area contributed by atoms with E-state index in [9.17, 15) is 9.59 Å². The van der Waals surface area contributed by atoms with Crippen molar-refractivity contribution in [2.75, 3.05) is 0 Å². The summed E-state index contributed by atoms with van der Waals surface area (Å²) in [5.74, 6) is -1.05. The first-order chi connectivity index (χ1) is 9.96. The molecule has 21 heavy (non-hydrogen) atoms. The van der Waals surface area contributed by atoms with Crippen LogP contribution in [-0.4, -0.2) is 27.1 Å². The highest BCUT2D eigenvalue weighted by Crippen LogP contribution is 2.31. The molecule has 1 aliphatic carbocycles. The molecule has 0 radical (unpaired) electrons. The van der Waals surface area contributed by atoms with Crippen molar-refractivity contribution in [3.8, 4) is 0 Å². The monoisotopic (exact) mass is 356 g/mol. The molecule has 2 rings (SSSR count). The zero-order valence-corrected chi connectivity index (χ0v) is 13.8. The van der Waals surface area contributed by atoms with Crippen LogP contribution in [0.4, 0.5) is 0 Å². The first-order valence-corrected chi connectivity index (χ1v) is 8.15. The van der Waals surface area contributed by atoms with Crippen LogP contribution in [-0.2, 0) is 11.3 Å². The van der Waals surface area contributed by atoms with Crippen molar-refractivity contribution in [1.82, 2.24) is 9.88 Å². The zero-order valence-electron chi connectivity index (χ0n) is 12.2. The smallest absolute Gasteiger partial charge is 0.305 e. The van der Waals surface area contributed by atoms with E-state index in [2.05, 4.69) is 21.2 Å². The minimum absolute atomic E-state index is 0.00720. The average molecular weight is 357 g/mol. The molecule has 5 nitrogen and oxygen atoms in total. The molecule has 1 aliphatic rings. The van der Waals surface area contributed by atoms with Crippen molar-refractivity contribution in [2.24, 2.45) is 0 Å². The molecule has 0 bridgehead atoms. The lowest BCUT2D eigenvalue weighted by atomic mass is 9.79. The van der Waals surface area contributed by atoms with Gasteiger partial charge in [-0.15, -0.1) is 0 Å². The fourth-order valence-electron chi connectivity index (χ4n) is 3.10. The van der Waals surface area contributed by atoms with Gasteiger partial charge in [-0.05, 0) is 41.8 Å². The zero-order chi connectivity index (χ0) is 15.5. The van der Waals surface area contributed by atoms with Gasteiger partial charge in [0.05, 0.1) is 12.0 Å². The Morgan fingerprint density at radius 2 is 2.05 bits per heavy atom. The quantitative estimate of drug-likeness (QED) is 0.850. The summed E-state index contributed by atoms with van der Waals surface area (Å²) < 4.78 is 2.71. The summed E-state index contributed by atoms with van der Waals surface area (Å²) in [4.78, 5) is 23.7. The van der Waals surface area contributed by atoms with Gasteiger partial charge >= 0.3 is 5.97 Å². The number of amides is 1. The van der Waals surface area contributed by atoms with Crippen LogP contribution >= 0.6 is 15.9 Å². The van der Waals surface area contributed by atoms with Crippen LogP contribution in [0, 0.1) is 0 Å². The van der Waals surface area contributed by atoms with E-state index in [1.807, 2.05) is 17.7 Å². The predicted molar refractivity (Wildman–Crippen MR) is 83.3 cm³/mol. The number of aromatic nitrogens is 1. The van der Waals surface area contributed by atoms with E-state index in [4.69, 9.17) is 5.11 Å². The van der Waals surface area contributed by atoms with E-state index in [1.54, 1.807) is 6.07 Å². The van der Waals surface area contributed by atoms with Crippen LogP contribution in [0.2, 0.25) is 0 Å². The molecule has 0 atom stereocenters. The van der Waals surface area contributed by atoms with Gasteiger partial charge < -0.3 is 15.0 Å². The summed E-state index contributed by atoms with van der Waals surface area (Å²) in [6.07, 6.45) is 6.36. The van der Waals surface area contributed by atoms with Crippen LogP contribution in [0.15, 0.2) is 16.7 Å². The lowest BCUT2D eigenvalue weighted by Gasteiger charge is -2.37. The molecule has 0 aliphatic heterocycles. The molecule has 1 aromatic rings. The first kappa shape index (κ1) is 16.1. The van der Waals surface area contributed by atoms with Crippen LogP contribution in [0.25, 0.3) is 0 Å². The Bertz CT molecular complexity index is 533. The standard InChI is InChI=1S/C15H21BrN2O3/c1-2-18-10-11(16)8-12(18)14(21)17-15(9-13(19)20)6-4-3-5-7-15/h8,10H,2-7,9H2,1H3,(H,17,21)(H,19,20). The number of halogens is 1. The van der Waals surface area contributed by atoms with Gasteiger partial charge in [-0.25, -0.2) is 0 Å². The maximum absolute atomic E-state index is 12.5. The van der Waals surface area contributed by atoms with Gasteiger partial charge in [0.15, 0.2) is 0 Å². The summed E-state index contributed by atoms with van der Waals surface area (Å²) in [5.41, 5.74) is -0.0315. The van der Waals surface area contributed by atoms with Gasteiger partial charge in [0, 0.05) is 17.2 Å². The second-order valence-corrected chi connectivity index (χ2v) is 6.61. The summed E-state index contributed by atoms with van der Waals surface area (Å²) >= 11 is 3.38. The molecule has 1 amide bonds. The molecule has 2 N–H and O–H groups in total. The summed E-state index contributed by atoms with van der Waals surface area (Å²) in [6.45, 7) is 2.66.